The normalized spacial score (nSPS) is 11.7. The van der Waals surface area contributed by atoms with Crippen molar-refractivity contribution in [3.05, 3.63) is 60.2 Å². The third-order valence-corrected chi connectivity index (χ3v) is 5.55. The molecule has 2 aromatic carbocycles. The number of hydrogen-bond acceptors (Lipinski definition) is 5. The standard InChI is InChI=1S/C24H31N3O2S/c1-24(2,3)29-22(28)18-27-21-13-8-7-12-20(21)26-23(27)30-17-9-15-25-16-14-19-10-5-4-6-11-19/h4-8,10-13,25H,9,14-18H2,1-3H3. The average molecular weight is 426 g/mol. The van der Waals surface area contributed by atoms with Gasteiger partial charge in [0.05, 0.1) is 11.0 Å². The molecule has 1 N–H and O–H groups in total. The van der Waals surface area contributed by atoms with Gasteiger partial charge in [0.15, 0.2) is 5.16 Å². The van der Waals surface area contributed by atoms with Gasteiger partial charge in [-0.15, -0.1) is 0 Å². The molecule has 0 spiro atoms. The van der Waals surface area contributed by atoms with Crippen LogP contribution in [-0.2, 0) is 22.5 Å². The minimum absolute atomic E-state index is 0.176. The number of para-hydroxylation sites is 2. The van der Waals surface area contributed by atoms with Gasteiger partial charge in [-0.1, -0.05) is 54.2 Å². The predicted molar refractivity (Wildman–Crippen MR) is 124 cm³/mol. The van der Waals surface area contributed by atoms with Gasteiger partial charge in [0.2, 0.25) is 0 Å². The number of aromatic nitrogens is 2. The van der Waals surface area contributed by atoms with E-state index in [1.807, 2.05) is 55.7 Å². The van der Waals surface area contributed by atoms with E-state index in [0.29, 0.717) is 0 Å². The summed E-state index contributed by atoms with van der Waals surface area (Å²) in [6, 6.07) is 18.4. The van der Waals surface area contributed by atoms with Crippen molar-refractivity contribution in [1.29, 1.82) is 0 Å². The molecule has 0 aliphatic carbocycles. The lowest BCUT2D eigenvalue weighted by Crippen LogP contribution is -2.26. The van der Waals surface area contributed by atoms with Crippen LogP contribution in [0.5, 0.6) is 0 Å². The van der Waals surface area contributed by atoms with E-state index in [0.717, 1.165) is 47.9 Å². The summed E-state index contributed by atoms with van der Waals surface area (Å²) >= 11 is 1.69. The van der Waals surface area contributed by atoms with Gasteiger partial charge in [-0.3, -0.25) is 4.79 Å². The highest BCUT2D eigenvalue weighted by Crippen LogP contribution is 2.25. The van der Waals surface area contributed by atoms with Crippen LogP contribution in [0.15, 0.2) is 59.8 Å². The van der Waals surface area contributed by atoms with Crippen LogP contribution in [0.1, 0.15) is 32.8 Å². The zero-order chi connectivity index (χ0) is 21.4. The van der Waals surface area contributed by atoms with Crippen LogP contribution in [0, 0.1) is 0 Å². The lowest BCUT2D eigenvalue weighted by Gasteiger charge is -2.20. The van der Waals surface area contributed by atoms with E-state index < -0.39 is 5.60 Å². The number of nitrogens with zero attached hydrogens (tertiary/aromatic N) is 2. The summed E-state index contributed by atoms with van der Waals surface area (Å²) in [4.78, 5) is 17.1. The minimum Gasteiger partial charge on any atom is -0.459 e. The predicted octanol–water partition coefficient (Wildman–Crippen LogP) is 4.69. The van der Waals surface area contributed by atoms with Crippen molar-refractivity contribution in [2.75, 3.05) is 18.8 Å². The highest BCUT2D eigenvalue weighted by Gasteiger charge is 2.19. The zero-order valence-electron chi connectivity index (χ0n) is 18.1. The summed E-state index contributed by atoms with van der Waals surface area (Å²) in [6.07, 6.45) is 2.08. The number of imidazole rings is 1. The Labute approximate surface area is 183 Å². The van der Waals surface area contributed by atoms with Gasteiger partial charge in [0, 0.05) is 5.75 Å². The van der Waals surface area contributed by atoms with E-state index >= 15 is 0 Å². The number of esters is 1. The average Bonchev–Trinajstić information content (AvgIpc) is 3.04. The molecule has 0 bridgehead atoms. The largest absolute Gasteiger partial charge is 0.459 e. The summed E-state index contributed by atoms with van der Waals surface area (Å²) in [7, 11) is 0. The van der Waals surface area contributed by atoms with E-state index in [1.54, 1.807) is 11.8 Å². The molecule has 0 radical (unpaired) electrons. The number of rotatable bonds is 10. The Morgan fingerprint density at radius 1 is 1.07 bits per heavy atom. The van der Waals surface area contributed by atoms with Gasteiger partial charge < -0.3 is 14.6 Å². The maximum atomic E-state index is 12.4. The SMILES string of the molecule is CC(C)(C)OC(=O)Cn1c(SCCCNCCc2ccccc2)nc2ccccc21. The Morgan fingerprint density at radius 3 is 2.57 bits per heavy atom. The molecule has 0 amide bonds. The van der Waals surface area contributed by atoms with E-state index in [9.17, 15) is 4.79 Å². The second-order valence-corrected chi connectivity index (χ2v) is 9.31. The van der Waals surface area contributed by atoms with Gasteiger partial charge in [-0.25, -0.2) is 4.98 Å². The number of benzene rings is 2. The highest BCUT2D eigenvalue weighted by molar-refractivity contribution is 7.99. The van der Waals surface area contributed by atoms with Crippen LogP contribution >= 0.6 is 11.8 Å². The van der Waals surface area contributed by atoms with Gasteiger partial charge >= 0.3 is 5.97 Å². The van der Waals surface area contributed by atoms with Crippen molar-refractivity contribution in [3.8, 4) is 0 Å². The molecule has 0 unspecified atom stereocenters. The number of hydrogen-bond donors (Lipinski definition) is 1. The molecule has 3 aromatic rings. The van der Waals surface area contributed by atoms with E-state index in [2.05, 4.69) is 29.6 Å². The first-order chi connectivity index (χ1) is 14.4. The Kier molecular flexibility index (Phi) is 7.94. The molecule has 1 aromatic heterocycles. The van der Waals surface area contributed by atoms with Crippen LogP contribution < -0.4 is 5.32 Å². The summed E-state index contributed by atoms with van der Waals surface area (Å²) in [5.41, 5.74) is 2.73. The summed E-state index contributed by atoms with van der Waals surface area (Å²) in [5, 5.41) is 4.37. The fourth-order valence-electron chi connectivity index (χ4n) is 3.18. The van der Waals surface area contributed by atoms with Crippen molar-refractivity contribution in [3.63, 3.8) is 0 Å². The smallest absolute Gasteiger partial charge is 0.326 e. The zero-order valence-corrected chi connectivity index (χ0v) is 18.9. The Balaban J connectivity index is 1.50. The molecule has 0 atom stereocenters. The topological polar surface area (TPSA) is 56.1 Å². The first kappa shape index (κ1) is 22.4. The molecule has 1 heterocycles. The Hall–Kier alpha value is -2.31. The lowest BCUT2D eigenvalue weighted by molar-refractivity contribution is -0.155. The first-order valence-electron chi connectivity index (χ1n) is 10.5. The van der Waals surface area contributed by atoms with Crippen molar-refractivity contribution in [1.82, 2.24) is 14.9 Å². The number of ether oxygens (including phenoxy) is 1. The summed E-state index contributed by atoms with van der Waals surface area (Å²) < 4.78 is 7.48. The molecule has 0 fully saturated rings. The minimum atomic E-state index is -0.494. The number of nitrogens with one attached hydrogen (secondary N) is 1. The molecule has 30 heavy (non-hydrogen) atoms. The van der Waals surface area contributed by atoms with Crippen molar-refractivity contribution in [2.24, 2.45) is 0 Å². The molecule has 0 saturated carbocycles. The Morgan fingerprint density at radius 2 is 1.80 bits per heavy atom. The second kappa shape index (κ2) is 10.6. The number of fused-ring (bicyclic) bond motifs is 1. The molecule has 3 rings (SSSR count). The summed E-state index contributed by atoms with van der Waals surface area (Å²) in [5.74, 6) is 0.700. The monoisotopic (exact) mass is 425 g/mol. The van der Waals surface area contributed by atoms with Crippen LogP contribution in [0.3, 0.4) is 0 Å². The third kappa shape index (κ3) is 6.89. The lowest BCUT2D eigenvalue weighted by atomic mass is 10.1. The fourth-order valence-corrected chi connectivity index (χ4v) is 4.14. The quantitative estimate of drug-likeness (QED) is 0.290. The fraction of sp³-hybridized carbons (Fsp3) is 0.417. The molecule has 0 saturated heterocycles. The molecular formula is C24H31N3O2S. The van der Waals surface area contributed by atoms with Crippen molar-refractivity contribution in [2.45, 2.75) is 50.9 Å². The van der Waals surface area contributed by atoms with Crippen molar-refractivity contribution < 1.29 is 9.53 Å². The Bertz CT molecular complexity index is 948. The summed E-state index contributed by atoms with van der Waals surface area (Å²) in [6.45, 7) is 7.78. The first-order valence-corrected chi connectivity index (χ1v) is 11.5. The maximum absolute atomic E-state index is 12.4. The van der Waals surface area contributed by atoms with Crippen molar-refractivity contribution >= 4 is 28.8 Å². The number of carbonyl (C=O) groups excluding carboxylic acids is 1. The second-order valence-electron chi connectivity index (χ2n) is 8.24. The maximum Gasteiger partial charge on any atom is 0.326 e. The van der Waals surface area contributed by atoms with Gasteiger partial charge in [-0.05, 0) is 64.4 Å². The molecular weight excluding hydrogens is 394 g/mol. The third-order valence-electron chi connectivity index (χ3n) is 4.49. The van der Waals surface area contributed by atoms with E-state index in [-0.39, 0.29) is 12.5 Å². The molecule has 160 valence electrons. The molecule has 0 aliphatic heterocycles. The van der Waals surface area contributed by atoms with Crippen LogP contribution in [0.25, 0.3) is 11.0 Å². The van der Waals surface area contributed by atoms with E-state index in [1.165, 1.54) is 5.56 Å². The molecule has 5 nitrogen and oxygen atoms in total. The van der Waals surface area contributed by atoms with Crippen LogP contribution in [0.2, 0.25) is 0 Å². The van der Waals surface area contributed by atoms with Crippen LogP contribution in [-0.4, -0.2) is 40.0 Å². The van der Waals surface area contributed by atoms with Gasteiger partial charge in [0.1, 0.15) is 12.1 Å². The molecule has 6 heteroatoms. The van der Waals surface area contributed by atoms with E-state index in [4.69, 9.17) is 9.72 Å². The van der Waals surface area contributed by atoms with Gasteiger partial charge in [0.25, 0.3) is 0 Å². The molecule has 0 aliphatic rings. The number of thioether (sulfide) groups is 1. The van der Waals surface area contributed by atoms with Crippen LogP contribution in [0.4, 0.5) is 0 Å². The van der Waals surface area contributed by atoms with Gasteiger partial charge in [-0.2, -0.15) is 0 Å². The number of carbonyl (C=O) groups is 1. The highest BCUT2D eigenvalue weighted by atomic mass is 32.2.